The van der Waals surface area contributed by atoms with Gasteiger partial charge in [-0.3, -0.25) is 14.5 Å². The molecule has 22 heavy (non-hydrogen) atoms. The molecule has 0 radical (unpaired) electrons. The number of imide groups is 1. The molecule has 0 saturated carbocycles. The van der Waals surface area contributed by atoms with Gasteiger partial charge in [-0.05, 0) is 13.0 Å². The number of nitrogens with zero attached hydrogens (tertiary/aromatic N) is 2. The van der Waals surface area contributed by atoms with E-state index in [9.17, 15) is 14.8 Å². The molecule has 0 spiro atoms. The van der Waals surface area contributed by atoms with Gasteiger partial charge in [0.2, 0.25) is 11.8 Å². The van der Waals surface area contributed by atoms with E-state index in [2.05, 4.69) is 10.1 Å². The summed E-state index contributed by atoms with van der Waals surface area (Å²) in [7, 11) is 0. The first kappa shape index (κ1) is 13.1. The number of H-pyrrole nitrogens is 1. The molecular formula is C16H15N3O3. The standard InChI is InChI=1S/C16H15N3O3/c1-2-19-15(20)9-7-11(18-22)12-8-5-3-4-6-10(8)17-14(12)13(9)16(19)21/h3-6,9,13,17,22H,2,7H2,1H3. The molecule has 1 saturated heterocycles. The smallest absolute Gasteiger partial charge is 0.239 e. The number of nitrogens with one attached hydrogen (secondary N) is 1. The number of aromatic amines is 1. The number of oxime groups is 1. The minimum atomic E-state index is -0.500. The fraction of sp³-hybridized carbons (Fsp3) is 0.312. The van der Waals surface area contributed by atoms with Gasteiger partial charge >= 0.3 is 0 Å². The van der Waals surface area contributed by atoms with E-state index in [-0.39, 0.29) is 18.2 Å². The number of fused-ring (bicyclic) bond motifs is 5. The fourth-order valence-corrected chi connectivity index (χ4v) is 3.74. The molecule has 2 N–H and O–H groups in total. The van der Waals surface area contributed by atoms with Crippen LogP contribution < -0.4 is 0 Å². The maximum Gasteiger partial charge on any atom is 0.239 e. The van der Waals surface area contributed by atoms with E-state index in [1.54, 1.807) is 6.92 Å². The van der Waals surface area contributed by atoms with E-state index in [4.69, 9.17) is 0 Å². The van der Waals surface area contributed by atoms with Crippen molar-refractivity contribution in [1.82, 2.24) is 9.88 Å². The third-order valence-corrected chi connectivity index (χ3v) is 4.70. The third kappa shape index (κ3) is 1.46. The highest BCUT2D eigenvalue weighted by molar-refractivity contribution is 6.19. The summed E-state index contributed by atoms with van der Waals surface area (Å²) in [5.41, 5.74) is 2.80. The average molecular weight is 297 g/mol. The number of hydrogen-bond donors (Lipinski definition) is 2. The molecule has 1 aliphatic carbocycles. The number of benzene rings is 1. The van der Waals surface area contributed by atoms with E-state index in [0.717, 1.165) is 16.5 Å². The van der Waals surface area contributed by atoms with Gasteiger partial charge in [-0.2, -0.15) is 0 Å². The van der Waals surface area contributed by atoms with Crippen molar-refractivity contribution in [3.8, 4) is 0 Å². The highest BCUT2D eigenvalue weighted by atomic mass is 16.4. The lowest BCUT2D eigenvalue weighted by molar-refractivity contribution is -0.139. The fourth-order valence-electron chi connectivity index (χ4n) is 3.74. The zero-order valence-corrected chi connectivity index (χ0v) is 12.0. The minimum absolute atomic E-state index is 0.165. The van der Waals surface area contributed by atoms with Gasteiger partial charge in [-0.1, -0.05) is 23.4 Å². The lowest BCUT2D eigenvalue weighted by atomic mass is 9.78. The molecule has 4 rings (SSSR count). The van der Waals surface area contributed by atoms with Gasteiger partial charge < -0.3 is 10.2 Å². The second-order valence-electron chi connectivity index (χ2n) is 5.71. The maximum atomic E-state index is 12.6. The van der Waals surface area contributed by atoms with Crippen LogP contribution in [0.2, 0.25) is 0 Å². The molecule has 6 nitrogen and oxygen atoms in total. The van der Waals surface area contributed by atoms with Crippen LogP contribution in [-0.4, -0.2) is 39.2 Å². The first-order chi connectivity index (χ1) is 10.7. The summed E-state index contributed by atoms with van der Waals surface area (Å²) < 4.78 is 0. The Morgan fingerprint density at radius 1 is 1.32 bits per heavy atom. The number of carbonyl (C=O) groups is 2. The normalized spacial score (nSPS) is 25.9. The molecule has 1 aromatic heterocycles. The van der Waals surface area contributed by atoms with Crippen LogP contribution in [-0.2, 0) is 9.59 Å². The van der Waals surface area contributed by atoms with Gasteiger partial charge in [0.05, 0.1) is 17.5 Å². The Bertz CT molecular complexity index is 836. The Morgan fingerprint density at radius 2 is 2.09 bits per heavy atom. The van der Waals surface area contributed by atoms with Crippen molar-refractivity contribution in [3.63, 3.8) is 0 Å². The van der Waals surface area contributed by atoms with Gasteiger partial charge in [-0.25, -0.2) is 0 Å². The van der Waals surface area contributed by atoms with E-state index in [0.29, 0.717) is 18.0 Å². The van der Waals surface area contributed by atoms with Crippen molar-refractivity contribution in [2.45, 2.75) is 19.3 Å². The molecule has 112 valence electrons. The van der Waals surface area contributed by atoms with Crippen LogP contribution in [0.25, 0.3) is 10.9 Å². The van der Waals surface area contributed by atoms with Crippen LogP contribution >= 0.6 is 0 Å². The molecule has 1 aromatic carbocycles. The van der Waals surface area contributed by atoms with Crippen molar-refractivity contribution in [1.29, 1.82) is 0 Å². The lowest BCUT2D eigenvalue weighted by Gasteiger charge is -2.22. The second kappa shape index (κ2) is 4.43. The Balaban J connectivity index is 1.99. The zero-order valence-electron chi connectivity index (χ0n) is 12.0. The van der Waals surface area contributed by atoms with Crippen LogP contribution in [0.15, 0.2) is 29.4 Å². The quantitative estimate of drug-likeness (QED) is 0.478. The maximum absolute atomic E-state index is 12.6. The number of likely N-dealkylation sites (N-methyl/N-ethyl adjacent to an activating group) is 1. The molecule has 2 aliphatic rings. The van der Waals surface area contributed by atoms with Crippen molar-refractivity contribution >= 4 is 28.4 Å². The van der Waals surface area contributed by atoms with Crippen LogP contribution in [0, 0.1) is 5.92 Å². The first-order valence-corrected chi connectivity index (χ1v) is 7.34. The number of para-hydroxylation sites is 1. The number of carbonyl (C=O) groups excluding carboxylic acids is 2. The zero-order chi connectivity index (χ0) is 15.4. The molecule has 1 fully saturated rings. The van der Waals surface area contributed by atoms with Gasteiger partial charge in [0.1, 0.15) is 0 Å². The predicted octanol–water partition coefficient (Wildman–Crippen LogP) is 1.84. The highest BCUT2D eigenvalue weighted by Gasteiger charge is 2.52. The van der Waals surface area contributed by atoms with Crippen LogP contribution in [0.4, 0.5) is 0 Å². The van der Waals surface area contributed by atoms with Gasteiger partial charge in [0.25, 0.3) is 0 Å². The number of amides is 2. The van der Waals surface area contributed by atoms with Crippen molar-refractivity contribution in [3.05, 3.63) is 35.5 Å². The Labute approximate surface area is 126 Å². The predicted molar refractivity (Wildman–Crippen MR) is 79.9 cm³/mol. The van der Waals surface area contributed by atoms with E-state index < -0.39 is 11.8 Å². The molecule has 2 amide bonds. The van der Waals surface area contributed by atoms with E-state index in [1.807, 2.05) is 24.3 Å². The molecule has 2 heterocycles. The molecule has 6 heteroatoms. The molecule has 0 bridgehead atoms. The molecule has 1 aliphatic heterocycles. The SMILES string of the molecule is CCN1C(=O)C2CC(=NO)c3c([nH]c4ccccc34)C2C1=O. The van der Waals surface area contributed by atoms with E-state index in [1.165, 1.54) is 4.90 Å². The number of aromatic nitrogens is 1. The average Bonchev–Trinajstić information content (AvgIpc) is 3.03. The monoisotopic (exact) mass is 297 g/mol. The van der Waals surface area contributed by atoms with Crippen LogP contribution in [0.3, 0.4) is 0 Å². The number of likely N-dealkylation sites (tertiary alicyclic amines) is 1. The summed E-state index contributed by atoms with van der Waals surface area (Å²) in [6, 6.07) is 7.64. The summed E-state index contributed by atoms with van der Waals surface area (Å²) >= 11 is 0. The Kier molecular flexibility index (Phi) is 2.63. The largest absolute Gasteiger partial charge is 0.411 e. The summed E-state index contributed by atoms with van der Waals surface area (Å²) in [6.45, 7) is 2.16. The molecule has 2 aromatic rings. The van der Waals surface area contributed by atoms with Crippen LogP contribution in [0.1, 0.15) is 30.5 Å². The topological polar surface area (TPSA) is 85.8 Å². The number of rotatable bonds is 1. The third-order valence-electron chi connectivity index (χ3n) is 4.70. The molecule has 2 atom stereocenters. The minimum Gasteiger partial charge on any atom is -0.411 e. The van der Waals surface area contributed by atoms with E-state index >= 15 is 0 Å². The van der Waals surface area contributed by atoms with Crippen LogP contribution in [0.5, 0.6) is 0 Å². The molecule has 2 unspecified atom stereocenters. The van der Waals surface area contributed by atoms with Gasteiger partial charge in [-0.15, -0.1) is 0 Å². The van der Waals surface area contributed by atoms with Crippen molar-refractivity contribution < 1.29 is 14.8 Å². The summed E-state index contributed by atoms with van der Waals surface area (Å²) in [6.07, 6.45) is 0.289. The second-order valence-corrected chi connectivity index (χ2v) is 5.71. The van der Waals surface area contributed by atoms with Crippen molar-refractivity contribution in [2.24, 2.45) is 11.1 Å². The Hall–Kier alpha value is -2.63. The molecular weight excluding hydrogens is 282 g/mol. The van der Waals surface area contributed by atoms with Crippen molar-refractivity contribution in [2.75, 3.05) is 6.54 Å². The lowest BCUT2D eigenvalue weighted by Crippen LogP contribution is -2.30. The van der Waals surface area contributed by atoms with Gasteiger partial charge in [0.15, 0.2) is 0 Å². The highest BCUT2D eigenvalue weighted by Crippen LogP contribution is 2.45. The summed E-state index contributed by atoms with van der Waals surface area (Å²) in [4.78, 5) is 29.6. The Morgan fingerprint density at radius 3 is 2.82 bits per heavy atom. The number of hydrogen-bond acceptors (Lipinski definition) is 4. The first-order valence-electron chi connectivity index (χ1n) is 7.34. The van der Waals surface area contributed by atoms with Gasteiger partial charge in [0, 0.05) is 35.1 Å². The summed E-state index contributed by atoms with van der Waals surface area (Å²) in [5.74, 6) is -1.32. The summed E-state index contributed by atoms with van der Waals surface area (Å²) in [5, 5.41) is 13.7.